The Bertz CT molecular complexity index is 1140. The van der Waals surface area contributed by atoms with Crippen LogP contribution in [0.5, 0.6) is 11.5 Å². The highest BCUT2D eigenvalue weighted by Crippen LogP contribution is 2.50. The van der Waals surface area contributed by atoms with Gasteiger partial charge in [-0.25, -0.2) is 9.96 Å². The number of para-hydroxylation sites is 3. The summed E-state index contributed by atoms with van der Waals surface area (Å²) in [5, 5.41) is 12.4. The maximum Gasteiger partial charge on any atom is 0.266 e. The minimum atomic E-state index is -0.997. The quantitative estimate of drug-likeness (QED) is 0.657. The second-order valence-corrected chi connectivity index (χ2v) is 7.40. The van der Waals surface area contributed by atoms with Gasteiger partial charge in [-0.1, -0.05) is 48.5 Å². The highest BCUT2D eigenvalue weighted by atomic mass is 16.7. The largest absolute Gasteiger partial charge is 0.504 e. The number of benzene rings is 3. The fraction of sp³-hybridized carbons (Fsp3) is 0.167. The van der Waals surface area contributed by atoms with E-state index in [1.165, 1.54) is 12.0 Å². The van der Waals surface area contributed by atoms with Crippen molar-refractivity contribution < 1.29 is 24.3 Å². The van der Waals surface area contributed by atoms with Gasteiger partial charge >= 0.3 is 0 Å². The Kier molecular flexibility index (Phi) is 4.60. The van der Waals surface area contributed by atoms with Gasteiger partial charge in [0.05, 0.1) is 18.5 Å². The van der Waals surface area contributed by atoms with Crippen LogP contribution in [0.4, 0.5) is 11.4 Å². The van der Waals surface area contributed by atoms with Crippen molar-refractivity contribution in [3.8, 4) is 11.5 Å². The fourth-order valence-electron chi connectivity index (χ4n) is 4.30. The number of hydrogen-bond acceptors (Lipinski definition) is 6. The zero-order valence-electron chi connectivity index (χ0n) is 16.7. The number of carbonyl (C=O) groups excluding carboxylic acids is 2. The Morgan fingerprint density at radius 2 is 1.48 bits per heavy atom. The number of amides is 2. The van der Waals surface area contributed by atoms with E-state index < -0.39 is 24.0 Å². The van der Waals surface area contributed by atoms with Crippen LogP contribution in [0.1, 0.15) is 11.6 Å². The Labute approximate surface area is 179 Å². The number of phenolic OH excluding ortho intramolecular Hbond substituents is 1. The van der Waals surface area contributed by atoms with Gasteiger partial charge in [-0.15, -0.1) is 0 Å². The SMILES string of the molecule is COc1cccc(C2C3C(=O)N(c4ccccc4)C(=O)C3ON2c2ccccc2)c1O. The first-order chi connectivity index (χ1) is 15.1. The summed E-state index contributed by atoms with van der Waals surface area (Å²) in [4.78, 5) is 34.0. The van der Waals surface area contributed by atoms with E-state index in [1.54, 1.807) is 47.5 Å². The van der Waals surface area contributed by atoms with Gasteiger partial charge in [0, 0.05) is 5.56 Å². The van der Waals surface area contributed by atoms with E-state index in [0.29, 0.717) is 16.9 Å². The molecule has 3 unspecified atom stereocenters. The first-order valence-corrected chi connectivity index (χ1v) is 9.91. The summed E-state index contributed by atoms with van der Waals surface area (Å²) in [5.74, 6) is -1.42. The zero-order valence-corrected chi connectivity index (χ0v) is 16.7. The summed E-state index contributed by atoms with van der Waals surface area (Å²) in [7, 11) is 1.46. The van der Waals surface area contributed by atoms with Crippen LogP contribution < -0.4 is 14.7 Å². The first-order valence-electron chi connectivity index (χ1n) is 9.91. The van der Waals surface area contributed by atoms with E-state index in [1.807, 2.05) is 36.4 Å². The van der Waals surface area contributed by atoms with E-state index >= 15 is 0 Å². The van der Waals surface area contributed by atoms with Gasteiger partial charge in [-0.2, -0.15) is 0 Å². The summed E-state index contributed by atoms with van der Waals surface area (Å²) >= 11 is 0. The molecule has 2 saturated heterocycles. The summed E-state index contributed by atoms with van der Waals surface area (Å²) < 4.78 is 5.26. The third-order valence-corrected chi connectivity index (χ3v) is 5.71. The normalized spacial score (nSPS) is 22.7. The average Bonchev–Trinajstić information content (AvgIpc) is 3.31. The molecule has 31 heavy (non-hydrogen) atoms. The van der Waals surface area contributed by atoms with Crippen LogP contribution in [0.3, 0.4) is 0 Å². The number of hydrogen-bond donors (Lipinski definition) is 1. The maximum absolute atomic E-state index is 13.5. The predicted octanol–water partition coefficient (Wildman–Crippen LogP) is 3.45. The minimum absolute atomic E-state index is 0.0846. The molecule has 2 aliphatic rings. The number of methoxy groups -OCH3 is 1. The number of hydroxylamine groups is 1. The molecule has 0 spiro atoms. The molecule has 3 aromatic carbocycles. The lowest BCUT2D eigenvalue weighted by Crippen LogP contribution is -2.37. The molecule has 0 saturated carbocycles. The molecule has 0 aliphatic carbocycles. The summed E-state index contributed by atoms with van der Waals surface area (Å²) in [6.45, 7) is 0. The number of anilines is 2. The van der Waals surface area contributed by atoms with Gasteiger partial charge < -0.3 is 9.84 Å². The molecule has 0 radical (unpaired) electrons. The minimum Gasteiger partial charge on any atom is -0.504 e. The maximum atomic E-state index is 13.5. The van der Waals surface area contributed by atoms with Crippen LogP contribution in [-0.4, -0.2) is 30.1 Å². The standard InChI is InChI=1S/C24H20N2O5/c1-30-18-14-8-13-17(21(18)27)20-19-22(31-26(20)16-11-6-3-7-12-16)24(29)25(23(19)28)15-9-4-2-5-10-15/h2-14,19-20,22,27H,1H3. The zero-order chi connectivity index (χ0) is 21.5. The first kappa shape index (κ1) is 19.1. The highest BCUT2D eigenvalue weighted by Gasteiger charge is 2.60. The highest BCUT2D eigenvalue weighted by molar-refractivity contribution is 6.23. The fourth-order valence-corrected chi connectivity index (χ4v) is 4.30. The van der Waals surface area contributed by atoms with Crippen molar-refractivity contribution in [2.75, 3.05) is 17.1 Å². The van der Waals surface area contributed by atoms with Crippen molar-refractivity contribution in [3.05, 3.63) is 84.4 Å². The molecule has 0 aromatic heterocycles. The molecule has 7 nitrogen and oxygen atoms in total. The second kappa shape index (κ2) is 7.45. The number of fused-ring (bicyclic) bond motifs is 1. The van der Waals surface area contributed by atoms with Gasteiger partial charge in [0.2, 0.25) is 5.91 Å². The van der Waals surface area contributed by atoms with E-state index in [2.05, 4.69) is 0 Å². The molecule has 3 aromatic rings. The van der Waals surface area contributed by atoms with Gasteiger partial charge in [0.15, 0.2) is 17.6 Å². The number of nitrogens with zero attached hydrogens (tertiary/aromatic N) is 2. The topological polar surface area (TPSA) is 79.3 Å². The van der Waals surface area contributed by atoms with E-state index in [4.69, 9.17) is 9.57 Å². The molecule has 5 rings (SSSR count). The van der Waals surface area contributed by atoms with Crippen molar-refractivity contribution in [2.24, 2.45) is 5.92 Å². The monoisotopic (exact) mass is 416 g/mol. The van der Waals surface area contributed by atoms with Crippen molar-refractivity contribution in [3.63, 3.8) is 0 Å². The van der Waals surface area contributed by atoms with Crippen LogP contribution in [0.25, 0.3) is 0 Å². The predicted molar refractivity (Wildman–Crippen MR) is 114 cm³/mol. The molecule has 0 bridgehead atoms. The van der Waals surface area contributed by atoms with Crippen LogP contribution in [0.2, 0.25) is 0 Å². The molecule has 2 amide bonds. The Balaban J connectivity index is 1.63. The molecule has 2 fully saturated rings. The summed E-state index contributed by atoms with van der Waals surface area (Å²) in [6, 6.07) is 22.4. The summed E-state index contributed by atoms with van der Waals surface area (Å²) in [6.07, 6.45) is -0.997. The summed E-state index contributed by atoms with van der Waals surface area (Å²) in [5.41, 5.74) is 1.62. The number of aromatic hydroxyl groups is 1. The molecule has 156 valence electrons. The van der Waals surface area contributed by atoms with Gasteiger partial charge in [-0.05, 0) is 30.3 Å². The lowest BCUT2D eigenvalue weighted by atomic mass is 9.90. The lowest BCUT2D eigenvalue weighted by molar-refractivity contribution is -0.126. The Hall–Kier alpha value is -3.84. The third kappa shape index (κ3) is 2.93. The number of rotatable bonds is 4. The van der Waals surface area contributed by atoms with Gasteiger partial charge in [-0.3, -0.25) is 14.4 Å². The van der Waals surface area contributed by atoms with Crippen molar-refractivity contribution in [2.45, 2.75) is 12.1 Å². The van der Waals surface area contributed by atoms with E-state index in [0.717, 1.165) is 0 Å². The van der Waals surface area contributed by atoms with Gasteiger partial charge in [0.1, 0.15) is 12.0 Å². The Morgan fingerprint density at radius 3 is 2.13 bits per heavy atom. The van der Waals surface area contributed by atoms with E-state index in [-0.39, 0.29) is 17.4 Å². The van der Waals surface area contributed by atoms with E-state index in [9.17, 15) is 14.7 Å². The number of carbonyl (C=O) groups is 2. The van der Waals surface area contributed by atoms with Crippen molar-refractivity contribution >= 4 is 23.2 Å². The molecule has 3 atom stereocenters. The average molecular weight is 416 g/mol. The Morgan fingerprint density at radius 1 is 0.839 bits per heavy atom. The molecular weight excluding hydrogens is 396 g/mol. The molecule has 1 N–H and O–H groups in total. The van der Waals surface area contributed by atoms with Gasteiger partial charge in [0.25, 0.3) is 5.91 Å². The van der Waals surface area contributed by atoms with Crippen LogP contribution in [0, 0.1) is 5.92 Å². The smallest absolute Gasteiger partial charge is 0.266 e. The number of imide groups is 1. The van der Waals surface area contributed by atoms with Crippen molar-refractivity contribution in [1.29, 1.82) is 0 Å². The molecular formula is C24H20N2O5. The van der Waals surface area contributed by atoms with Crippen molar-refractivity contribution in [1.82, 2.24) is 0 Å². The molecule has 7 heteroatoms. The van der Waals surface area contributed by atoms with Crippen LogP contribution in [0.15, 0.2) is 78.9 Å². The lowest BCUT2D eigenvalue weighted by Gasteiger charge is -2.29. The van der Waals surface area contributed by atoms with Crippen LogP contribution in [-0.2, 0) is 14.4 Å². The number of phenols is 1. The molecule has 2 aliphatic heterocycles. The second-order valence-electron chi connectivity index (χ2n) is 7.40. The third-order valence-electron chi connectivity index (χ3n) is 5.71. The molecule has 2 heterocycles. The van der Waals surface area contributed by atoms with Crippen LogP contribution >= 0.6 is 0 Å². The number of ether oxygens (including phenoxy) is 1.